The summed E-state index contributed by atoms with van der Waals surface area (Å²) in [4.78, 5) is 28.7. The van der Waals surface area contributed by atoms with Gasteiger partial charge in [-0.15, -0.1) is 11.8 Å². The number of thioether (sulfide) groups is 1. The molecule has 0 fully saturated rings. The van der Waals surface area contributed by atoms with E-state index in [1.165, 1.54) is 11.8 Å². The third-order valence-electron chi connectivity index (χ3n) is 5.75. The molecule has 0 aliphatic rings. The normalized spacial score (nSPS) is 11.6. The number of amides is 2. The number of nitrogens with one attached hydrogen (secondary N) is 1. The fourth-order valence-corrected chi connectivity index (χ4v) is 5.01. The molecule has 2 amide bonds. The molecule has 0 aliphatic carbocycles. The lowest BCUT2D eigenvalue weighted by atomic mass is 10.0. The summed E-state index contributed by atoms with van der Waals surface area (Å²) in [5.74, 6) is 0.707. The molecule has 1 atom stereocenters. The second-order valence-electron chi connectivity index (χ2n) is 8.62. The topological polar surface area (TPSA) is 49.4 Å². The van der Waals surface area contributed by atoms with E-state index in [-0.39, 0.29) is 17.6 Å². The molecule has 1 N–H and O–H groups in total. The lowest BCUT2D eigenvalue weighted by Crippen LogP contribution is -2.51. The minimum absolute atomic E-state index is 0.0800. The average Bonchev–Trinajstić information content (AvgIpc) is 2.88. The SMILES string of the molecule is CCCCNC(=O)[C@H](Cc1ccccc1)N(Cc1ccc(Cl)cc1)C(=O)CSCc1cccc(Cl)c1. The summed E-state index contributed by atoms with van der Waals surface area (Å²) in [5, 5.41) is 4.35. The molecule has 190 valence electrons. The van der Waals surface area contributed by atoms with Crippen molar-refractivity contribution < 1.29 is 9.59 Å². The fourth-order valence-electron chi connectivity index (χ4n) is 3.81. The maximum Gasteiger partial charge on any atom is 0.243 e. The average molecular weight is 544 g/mol. The summed E-state index contributed by atoms with van der Waals surface area (Å²) in [6.45, 7) is 3.00. The van der Waals surface area contributed by atoms with Crippen LogP contribution in [-0.2, 0) is 28.3 Å². The molecule has 0 aliphatic heterocycles. The third kappa shape index (κ3) is 9.20. The predicted octanol–water partition coefficient (Wildman–Crippen LogP) is 6.78. The van der Waals surface area contributed by atoms with Crippen molar-refractivity contribution in [2.75, 3.05) is 12.3 Å². The molecule has 4 nitrogen and oxygen atoms in total. The van der Waals surface area contributed by atoms with Gasteiger partial charge in [-0.1, -0.05) is 91.1 Å². The van der Waals surface area contributed by atoms with Gasteiger partial charge in [0.25, 0.3) is 0 Å². The Hall–Kier alpha value is -2.47. The summed E-state index contributed by atoms with van der Waals surface area (Å²) >= 11 is 13.7. The van der Waals surface area contributed by atoms with E-state index < -0.39 is 6.04 Å². The Kier molecular flexibility index (Phi) is 11.7. The van der Waals surface area contributed by atoms with Gasteiger partial charge in [0.2, 0.25) is 11.8 Å². The van der Waals surface area contributed by atoms with Gasteiger partial charge < -0.3 is 10.2 Å². The molecule has 0 aromatic heterocycles. The van der Waals surface area contributed by atoms with Crippen LogP contribution in [0.5, 0.6) is 0 Å². The first-order valence-electron chi connectivity index (χ1n) is 12.1. The molecule has 0 radical (unpaired) electrons. The summed E-state index contributed by atoms with van der Waals surface area (Å²) in [5.41, 5.74) is 2.99. The third-order valence-corrected chi connectivity index (χ3v) is 7.23. The summed E-state index contributed by atoms with van der Waals surface area (Å²) in [6, 6.07) is 24.3. The van der Waals surface area contributed by atoms with Gasteiger partial charge in [-0.3, -0.25) is 9.59 Å². The largest absolute Gasteiger partial charge is 0.354 e. The highest BCUT2D eigenvalue weighted by atomic mass is 35.5. The molecule has 0 unspecified atom stereocenters. The Morgan fingerprint density at radius 2 is 1.61 bits per heavy atom. The van der Waals surface area contributed by atoms with Crippen molar-refractivity contribution in [3.63, 3.8) is 0 Å². The lowest BCUT2D eigenvalue weighted by molar-refractivity contribution is -0.139. The highest BCUT2D eigenvalue weighted by Gasteiger charge is 2.30. The van der Waals surface area contributed by atoms with E-state index in [1.807, 2.05) is 66.7 Å². The summed E-state index contributed by atoms with van der Waals surface area (Å²) in [6.07, 6.45) is 2.32. The van der Waals surface area contributed by atoms with Crippen molar-refractivity contribution in [2.45, 2.75) is 44.5 Å². The quantitative estimate of drug-likeness (QED) is 0.242. The predicted molar refractivity (Wildman–Crippen MR) is 151 cm³/mol. The van der Waals surface area contributed by atoms with Crippen LogP contribution in [0.4, 0.5) is 0 Å². The minimum atomic E-state index is -0.626. The molecule has 0 saturated heterocycles. The van der Waals surface area contributed by atoms with Crippen molar-refractivity contribution in [3.8, 4) is 0 Å². The highest BCUT2D eigenvalue weighted by molar-refractivity contribution is 7.99. The van der Waals surface area contributed by atoms with Gasteiger partial charge >= 0.3 is 0 Å². The second-order valence-corrected chi connectivity index (χ2v) is 10.5. The zero-order valence-electron chi connectivity index (χ0n) is 20.5. The van der Waals surface area contributed by atoms with Gasteiger partial charge in [-0.25, -0.2) is 0 Å². The molecule has 0 saturated carbocycles. The van der Waals surface area contributed by atoms with Crippen molar-refractivity contribution >= 4 is 46.8 Å². The molecular formula is C29H32Cl2N2O2S. The number of carbonyl (C=O) groups excluding carboxylic acids is 2. The number of carbonyl (C=O) groups is 2. The van der Waals surface area contributed by atoms with Crippen LogP contribution < -0.4 is 5.32 Å². The van der Waals surface area contributed by atoms with Crippen molar-refractivity contribution in [1.82, 2.24) is 10.2 Å². The van der Waals surface area contributed by atoms with Crippen LogP contribution in [0.1, 0.15) is 36.5 Å². The smallest absolute Gasteiger partial charge is 0.243 e. The van der Waals surface area contributed by atoms with E-state index in [9.17, 15) is 9.59 Å². The maximum absolute atomic E-state index is 13.6. The Labute approximate surface area is 228 Å². The van der Waals surface area contributed by atoms with Gasteiger partial charge in [0.05, 0.1) is 5.75 Å². The maximum atomic E-state index is 13.6. The molecule has 3 aromatic carbocycles. The van der Waals surface area contributed by atoms with Crippen LogP contribution >= 0.6 is 35.0 Å². The zero-order chi connectivity index (χ0) is 25.8. The monoisotopic (exact) mass is 542 g/mol. The highest BCUT2D eigenvalue weighted by Crippen LogP contribution is 2.20. The number of halogens is 2. The Balaban J connectivity index is 1.82. The van der Waals surface area contributed by atoms with Gasteiger partial charge in [0.15, 0.2) is 0 Å². The number of nitrogens with zero attached hydrogens (tertiary/aromatic N) is 1. The van der Waals surface area contributed by atoms with Crippen LogP contribution in [0, 0.1) is 0 Å². The van der Waals surface area contributed by atoms with Gasteiger partial charge in [-0.05, 0) is 47.4 Å². The van der Waals surface area contributed by atoms with E-state index >= 15 is 0 Å². The lowest BCUT2D eigenvalue weighted by Gasteiger charge is -2.31. The Bertz CT molecular complexity index is 1110. The molecule has 0 bridgehead atoms. The second kappa shape index (κ2) is 14.9. The summed E-state index contributed by atoms with van der Waals surface area (Å²) in [7, 11) is 0. The molecule has 0 heterocycles. The van der Waals surface area contributed by atoms with E-state index in [1.54, 1.807) is 17.0 Å². The van der Waals surface area contributed by atoms with Gasteiger partial charge in [-0.2, -0.15) is 0 Å². The van der Waals surface area contributed by atoms with Crippen molar-refractivity contribution in [1.29, 1.82) is 0 Å². The van der Waals surface area contributed by atoms with E-state index in [4.69, 9.17) is 23.2 Å². The summed E-state index contributed by atoms with van der Waals surface area (Å²) < 4.78 is 0. The van der Waals surface area contributed by atoms with Crippen LogP contribution in [0.25, 0.3) is 0 Å². The van der Waals surface area contributed by atoms with Crippen LogP contribution in [0.3, 0.4) is 0 Å². The first kappa shape index (κ1) is 28.1. The molecule has 7 heteroatoms. The van der Waals surface area contributed by atoms with E-state index in [0.717, 1.165) is 29.5 Å². The van der Waals surface area contributed by atoms with E-state index in [2.05, 4.69) is 12.2 Å². The van der Waals surface area contributed by atoms with Crippen molar-refractivity contribution in [2.24, 2.45) is 0 Å². The number of rotatable bonds is 13. The first-order valence-corrected chi connectivity index (χ1v) is 14.0. The van der Waals surface area contributed by atoms with E-state index in [0.29, 0.717) is 35.3 Å². The Morgan fingerprint density at radius 1 is 0.889 bits per heavy atom. The number of unbranched alkanes of at least 4 members (excludes halogenated alkanes) is 1. The van der Waals surface area contributed by atoms with Gasteiger partial charge in [0, 0.05) is 35.3 Å². The van der Waals surface area contributed by atoms with Crippen molar-refractivity contribution in [3.05, 3.63) is 106 Å². The molecule has 0 spiro atoms. The molecule has 3 aromatic rings. The minimum Gasteiger partial charge on any atom is -0.354 e. The molecular weight excluding hydrogens is 511 g/mol. The molecule has 36 heavy (non-hydrogen) atoms. The van der Waals surface area contributed by atoms with Gasteiger partial charge in [0.1, 0.15) is 6.04 Å². The zero-order valence-corrected chi connectivity index (χ0v) is 22.8. The molecule has 3 rings (SSSR count). The number of benzene rings is 3. The van der Waals surface area contributed by atoms with Crippen LogP contribution in [0.2, 0.25) is 10.0 Å². The number of hydrogen-bond donors (Lipinski definition) is 1. The van der Waals surface area contributed by atoms with Crippen LogP contribution in [0.15, 0.2) is 78.9 Å². The fraction of sp³-hybridized carbons (Fsp3) is 0.310. The Morgan fingerprint density at radius 3 is 2.31 bits per heavy atom. The standard InChI is InChI=1S/C29H32Cl2N2O2S/c1-2-3-16-32-29(35)27(18-22-8-5-4-6-9-22)33(19-23-12-14-25(30)15-13-23)28(34)21-36-20-24-10-7-11-26(31)17-24/h4-15,17,27H,2-3,16,18-21H2,1H3,(H,32,35)/t27-/m0/s1. The number of hydrogen-bond acceptors (Lipinski definition) is 3. The first-order chi connectivity index (χ1) is 17.5. The van der Waals surface area contributed by atoms with Crippen LogP contribution in [-0.4, -0.2) is 35.1 Å².